The predicted octanol–water partition coefficient (Wildman–Crippen LogP) is 1.69. The molecule has 0 aliphatic rings. The summed E-state index contributed by atoms with van der Waals surface area (Å²) < 4.78 is 17.8. The van der Waals surface area contributed by atoms with Gasteiger partial charge in [0.15, 0.2) is 0 Å². The van der Waals surface area contributed by atoms with E-state index in [2.05, 4.69) is 4.98 Å². The number of halogens is 2. The number of hydrogen-bond donors (Lipinski definition) is 1. The minimum atomic E-state index is -0.369. The number of rotatable bonds is 4. The van der Waals surface area contributed by atoms with Gasteiger partial charge in [-0.2, -0.15) is 0 Å². The molecule has 0 saturated carbocycles. The van der Waals surface area contributed by atoms with Crippen molar-refractivity contribution in [3.8, 4) is 5.75 Å². The lowest BCUT2D eigenvalue weighted by atomic mass is 10.4. The second kappa shape index (κ2) is 7.29. The van der Waals surface area contributed by atoms with Crippen LogP contribution in [-0.2, 0) is 0 Å². The van der Waals surface area contributed by atoms with E-state index in [0.29, 0.717) is 5.75 Å². The van der Waals surface area contributed by atoms with Crippen molar-refractivity contribution >= 4 is 12.4 Å². The summed E-state index contributed by atoms with van der Waals surface area (Å²) in [7, 11) is 0. The average molecular weight is 219 g/mol. The largest absolute Gasteiger partial charge is 0.485 e. The van der Waals surface area contributed by atoms with Crippen molar-refractivity contribution < 1.29 is 9.13 Å². The number of aromatic nitrogens is 1. The van der Waals surface area contributed by atoms with Crippen LogP contribution in [0.3, 0.4) is 0 Å². The molecular formula is C9H12ClFN2O. The minimum Gasteiger partial charge on any atom is -0.485 e. The highest BCUT2D eigenvalue weighted by atomic mass is 35.5. The summed E-state index contributed by atoms with van der Waals surface area (Å²) in [5, 5.41) is 0. The fraction of sp³-hybridized carbons (Fsp3) is 0.222. The third-order valence-electron chi connectivity index (χ3n) is 1.35. The van der Waals surface area contributed by atoms with Crippen molar-refractivity contribution in [1.29, 1.82) is 0 Å². The van der Waals surface area contributed by atoms with Crippen LogP contribution in [0.5, 0.6) is 5.75 Å². The van der Waals surface area contributed by atoms with Crippen molar-refractivity contribution in [2.24, 2.45) is 5.73 Å². The zero-order chi connectivity index (χ0) is 9.52. The Morgan fingerprint density at radius 3 is 3.00 bits per heavy atom. The SMILES string of the molecule is Cl.NC/C=C(\F)COc1cccnc1. The Bertz CT molecular complexity index is 279. The first kappa shape index (κ1) is 12.9. The van der Waals surface area contributed by atoms with Crippen LogP contribution in [0.15, 0.2) is 36.4 Å². The Hall–Kier alpha value is -1.13. The first-order chi connectivity index (χ1) is 6.33. The molecule has 0 unspecified atom stereocenters. The van der Waals surface area contributed by atoms with Gasteiger partial charge in [0, 0.05) is 12.7 Å². The van der Waals surface area contributed by atoms with E-state index in [-0.39, 0.29) is 31.4 Å². The molecule has 1 heterocycles. The molecule has 0 aromatic carbocycles. The third-order valence-corrected chi connectivity index (χ3v) is 1.35. The molecule has 1 rings (SSSR count). The molecule has 0 atom stereocenters. The second-order valence-electron chi connectivity index (χ2n) is 2.36. The molecule has 0 amide bonds. The van der Waals surface area contributed by atoms with Crippen LogP contribution < -0.4 is 10.5 Å². The standard InChI is InChI=1S/C9H11FN2O.ClH/c10-8(3-4-11)7-13-9-2-1-5-12-6-9;/h1-3,5-6H,4,7,11H2;1H/b8-3-;. The molecule has 0 bridgehead atoms. The van der Waals surface area contributed by atoms with Gasteiger partial charge in [0.05, 0.1) is 6.20 Å². The monoisotopic (exact) mass is 218 g/mol. The molecule has 78 valence electrons. The summed E-state index contributed by atoms with van der Waals surface area (Å²) in [4.78, 5) is 3.82. The third kappa shape index (κ3) is 4.79. The quantitative estimate of drug-likeness (QED) is 0.837. The summed E-state index contributed by atoms with van der Waals surface area (Å²) in [6.45, 7) is 0.0884. The Balaban J connectivity index is 0.00000169. The van der Waals surface area contributed by atoms with Crippen LogP contribution in [0.25, 0.3) is 0 Å². The summed E-state index contributed by atoms with van der Waals surface area (Å²) in [5.74, 6) is 0.175. The molecule has 0 fully saturated rings. The second-order valence-corrected chi connectivity index (χ2v) is 2.36. The van der Waals surface area contributed by atoms with Crippen molar-refractivity contribution in [2.45, 2.75) is 0 Å². The van der Waals surface area contributed by atoms with Crippen LogP contribution in [0, 0.1) is 0 Å². The molecule has 1 aromatic heterocycles. The van der Waals surface area contributed by atoms with E-state index in [9.17, 15) is 4.39 Å². The van der Waals surface area contributed by atoms with Gasteiger partial charge in [-0.15, -0.1) is 12.4 Å². The van der Waals surface area contributed by atoms with Crippen LogP contribution >= 0.6 is 12.4 Å². The maximum absolute atomic E-state index is 12.7. The van der Waals surface area contributed by atoms with E-state index in [1.807, 2.05) is 0 Å². The first-order valence-corrected chi connectivity index (χ1v) is 3.90. The zero-order valence-electron chi connectivity index (χ0n) is 7.52. The number of hydrogen-bond acceptors (Lipinski definition) is 3. The van der Waals surface area contributed by atoms with Gasteiger partial charge in [-0.1, -0.05) is 0 Å². The lowest BCUT2D eigenvalue weighted by molar-refractivity contribution is 0.317. The van der Waals surface area contributed by atoms with E-state index < -0.39 is 0 Å². The fourth-order valence-electron chi connectivity index (χ4n) is 0.772. The Kier molecular flexibility index (Phi) is 6.70. The van der Waals surface area contributed by atoms with E-state index in [1.54, 1.807) is 18.3 Å². The van der Waals surface area contributed by atoms with Crippen LogP contribution in [0.4, 0.5) is 4.39 Å². The van der Waals surface area contributed by atoms with Crippen molar-refractivity contribution in [1.82, 2.24) is 4.98 Å². The fourth-order valence-corrected chi connectivity index (χ4v) is 0.772. The lowest BCUT2D eigenvalue weighted by Crippen LogP contribution is -2.01. The summed E-state index contributed by atoms with van der Waals surface area (Å²) in [5.41, 5.74) is 5.11. The molecular weight excluding hydrogens is 207 g/mol. The van der Waals surface area contributed by atoms with Crippen LogP contribution in [0.2, 0.25) is 0 Å². The molecule has 0 aliphatic heterocycles. The van der Waals surface area contributed by atoms with Gasteiger partial charge < -0.3 is 10.5 Å². The molecule has 0 spiro atoms. The number of nitrogens with zero attached hydrogens (tertiary/aromatic N) is 1. The van der Waals surface area contributed by atoms with E-state index in [1.165, 1.54) is 12.3 Å². The number of ether oxygens (including phenoxy) is 1. The maximum atomic E-state index is 12.7. The Morgan fingerprint density at radius 1 is 1.64 bits per heavy atom. The highest BCUT2D eigenvalue weighted by Gasteiger charge is 1.95. The summed E-state index contributed by atoms with van der Waals surface area (Å²) >= 11 is 0. The van der Waals surface area contributed by atoms with E-state index in [0.717, 1.165) is 0 Å². The van der Waals surface area contributed by atoms with Gasteiger partial charge in [0.2, 0.25) is 0 Å². The topological polar surface area (TPSA) is 48.1 Å². The van der Waals surface area contributed by atoms with Crippen molar-refractivity contribution in [2.75, 3.05) is 13.2 Å². The zero-order valence-corrected chi connectivity index (χ0v) is 8.34. The molecule has 5 heteroatoms. The first-order valence-electron chi connectivity index (χ1n) is 3.90. The van der Waals surface area contributed by atoms with Gasteiger partial charge in [-0.25, -0.2) is 4.39 Å². The molecule has 3 nitrogen and oxygen atoms in total. The number of nitrogens with two attached hydrogens (primary N) is 1. The Labute approximate surface area is 88.2 Å². The van der Waals surface area contributed by atoms with E-state index >= 15 is 0 Å². The highest BCUT2D eigenvalue weighted by molar-refractivity contribution is 5.85. The molecule has 0 saturated heterocycles. The van der Waals surface area contributed by atoms with Gasteiger partial charge in [-0.05, 0) is 18.2 Å². The lowest BCUT2D eigenvalue weighted by Gasteiger charge is -2.02. The van der Waals surface area contributed by atoms with Crippen molar-refractivity contribution in [3.63, 3.8) is 0 Å². The number of pyridine rings is 1. The summed E-state index contributed by atoms with van der Waals surface area (Å²) in [6.07, 6.45) is 4.42. The van der Waals surface area contributed by atoms with Gasteiger partial charge in [0.25, 0.3) is 0 Å². The molecule has 14 heavy (non-hydrogen) atoms. The molecule has 1 aromatic rings. The Morgan fingerprint density at radius 2 is 2.43 bits per heavy atom. The molecule has 0 aliphatic carbocycles. The van der Waals surface area contributed by atoms with Gasteiger partial charge >= 0.3 is 0 Å². The highest BCUT2D eigenvalue weighted by Crippen LogP contribution is 2.08. The normalized spacial score (nSPS) is 10.6. The smallest absolute Gasteiger partial charge is 0.139 e. The van der Waals surface area contributed by atoms with Gasteiger partial charge in [-0.3, -0.25) is 4.98 Å². The average Bonchev–Trinajstić information content (AvgIpc) is 2.17. The molecule has 0 radical (unpaired) electrons. The van der Waals surface area contributed by atoms with Crippen LogP contribution in [0.1, 0.15) is 0 Å². The van der Waals surface area contributed by atoms with E-state index in [4.69, 9.17) is 10.5 Å². The van der Waals surface area contributed by atoms with Crippen LogP contribution in [-0.4, -0.2) is 18.1 Å². The summed E-state index contributed by atoms with van der Waals surface area (Å²) in [6, 6.07) is 3.43. The maximum Gasteiger partial charge on any atom is 0.139 e. The predicted molar refractivity (Wildman–Crippen MR) is 55.2 cm³/mol. The van der Waals surface area contributed by atoms with Crippen molar-refractivity contribution in [3.05, 3.63) is 36.4 Å². The molecule has 2 N–H and O–H groups in total. The van der Waals surface area contributed by atoms with Gasteiger partial charge in [0.1, 0.15) is 18.2 Å². The minimum absolute atomic E-state index is 0.